The normalized spacial score (nSPS) is 55.9. The third-order valence-corrected chi connectivity index (χ3v) is 7.59. The number of ether oxygens (including phenoxy) is 5. The van der Waals surface area contributed by atoms with E-state index >= 15 is 0 Å². The number of rotatable bonds is 1. The Hall–Kier alpha value is -1.48. The molecule has 6 unspecified atom stereocenters. The zero-order chi connectivity index (χ0) is 19.4. The highest BCUT2D eigenvalue weighted by atomic mass is 16.8. The lowest BCUT2D eigenvalue weighted by molar-refractivity contribution is -0.363. The minimum atomic E-state index is -1.58. The zero-order valence-corrected chi connectivity index (χ0v) is 15.6. The molecule has 5 aliphatic rings. The molecule has 9 atom stereocenters. The van der Waals surface area contributed by atoms with E-state index in [-0.39, 0.29) is 12.7 Å². The van der Waals surface area contributed by atoms with Crippen molar-refractivity contribution >= 4 is 11.9 Å². The molecule has 1 N–H and O–H groups in total. The smallest absolute Gasteiger partial charge is 0.340 e. The van der Waals surface area contributed by atoms with Crippen LogP contribution in [0.1, 0.15) is 33.6 Å². The molecule has 8 heteroatoms. The van der Waals surface area contributed by atoms with Gasteiger partial charge in [0, 0.05) is 0 Å². The third-order valence-electron chi connectivity index (χ3n) is 7.59. The van der Waals surface area contributed by atoms with E-state index in [1.165, 1.54) is 0 Å². The second-order valence-electron chi connectivity index (χ2n) is 8.60. The molecule has 27 heavy (non-hydrogen) atoms. The molecule has 0 aromatic rings. The summed E-state index contributed by atoms with van der Waals surface area (Å²) in [6.07, 6.45) is -2.38. The van der Waals surface area contributed by atoms with Crippen LogP contribution in [0.3, 0.4) is 0 Å². The van der Waals surface area contributed by atoms with Crippen LogP contribution in [0.2, 0.25) is 0 Å². The Kier molecular flexibility index (Phi) is 3.33. The number of aliphatic hydroxyl groups excluding tert-OH is 1. The molecule has 0 radical (unpaired) electrons. The summed E-state index contributed by atoms with van der Waals surface area (Å²) in [4.78, 5) is 25.9. The molecule has 2 spiro atoms. The van der Waals surface area contributed by atoms with Crippen LogP contribution in [0, 0.1) is 22.7 Å². The lowest BCUT2D eigenvalue weighted by Gasteiger charge is -2.50. The number of hydrogen-bond acceptors (Lipinski definition) is 8. The lowest BCUT2D eigenvalue weighted by Crippen LogP contribution is -2.63. The van der Waals surface area contributed by atoms with Gasteiger partial charge in [-0.1, -0.05) is 12.2 Å². The van der Waals surface area contributed by atoms with Crippen LogP contribution in [0.4, 0.5) is 0 Å². The first-order valence-corrected chi connectivity index (χ1v) is 9.39. The number of cyclic esters (lactones) is 1. The first-order chi connectivity index (χ1) is 12.7. The molecule has 1 aliphatic carbocycles. The Morgan fingerprint density at radius 1 is 1.22 bits per heavy atom. The molecule has 148 valence electrons. The summed E-state index contributed by atoms with van der Waals surface area (Å²) in [5.41, 5.74) is -2.88. The van der Waals surface area contributed by atoms with E-state index in [4.69, 9.17) is 23.7 Å². The van der Waals surface area contributed by atoms with Crippen LogP contribution in [0.25, 0.3) is 0 Å². The third kappa shape index (κ3) is 1.59. The van der Waals surface area contributed by atoms with Crippen molar-refractivity contribution in [3.8, 4) is 0 Å². The predicted octanol–water partition coefficient (Wildman–Crippen LogP) is 0.870. The quantitative estimate of drug-likeness (QED) is 0.528. The van der Waals surface area contributed by atoms with Crippen molar-refractivity contribution in [2.24, 2.45) is 22.7 Å². The van der Waals surface area contributed by atoms with E-state index in [0.717, 1.165) is 5.57 Å². The van der Waals surface area contributed by atoms with Gasteiger partial charge in [0.2, 0.25) is 0 Å². The van der Waals surface area contributed by atoms with Crippen molar-refractivity contribution in [1.82, 2.24) is 0 Å². The molecule has 8 nitrogen and oxygen atoms in total. The SMILES string of the molecule is C=C(C)[C@@H]1CC2OC(=O)C34OC5OCO[C@H](O)C51C23CC(C)OC(=O)[C@@H]4C. The molecular weight excluding hydrogens is 356 g/mol. The highest BCUT2D eigenvalue weighted by Crippen LogP contribution is 2.79. The topological polar surface area (TPSA) is 101 Å². The number of carbonyl (C=O) groups excluding carboxylic acids is 2. The second-order valence-corrected chi connectivity index (χ2v) is 8.60. The van der Waals surface area contributed by atoms with Crippen molar-refractivity contribution in [3.63, 3.8) is 0 Å². The summed E-state index contributed by atoms with van der Waals surface area (Å²) in [7, 11) is 0. The van der Waals surface area contributed by atoms with Crippen LogP contribution in [0.5, 0.6) is 0 Å². The number of carbonyl (C=O) groups is 2. The fourth-order valence-corrected chi connectivity index (χ4v) is 6.78. The molecule has 0 bridgehead atoms. The van der Waals surface area contributed by atoms with Crippen molar-refractivity contribution < 1.29 is 38.4 Å². The van der Waals surface area contributed by atoms with Gasteiger partial charge in [0.25, 0.3) is 0 Å². The van der Waals surface area contributed by atoms with E-state index in [0.29, 0.717) is 12.8 Å². The molecule has 0 aromatic heterocycles. The van der Waals surface area contributed by atoms with Crippen LogP contribution in [-0.2, 0) is 33.3 Å². The Balaban J connectivity index is 1.85. The number of hydrogen-bond donors (Lipinski definition) is 1. The lowest BCUT2D eigenvalue weighted by atomic mass is 9.52. The molecule has 4 heterocycles. The number of aliphatic hydroxyl groups is 1. The minimum absolute atomic E-state index is 0.156. The van der Waals surface area contributed by atoms with Gasteiger partial charge < -0.3 is 28.8 Å². The Morgan fingerprint density at radius 3 is 2.67 bits per heavy atom. The van der Waals surface area contributed by atoms with Crippen molar-refractivity contribution in [2.75, 3.05) is 6.79 Å². The Bertz CT molecular complexity index is 750. The summed E-state index contributed by atoms with van der Waals surface area (Å²) in [6.45, 7) is 9.24. The standard InChI is InChI=1S/C19H24O8/c1-8(2)11-5-12-17-6-9(3)25-13(20)10(4)19(17,15(22)26-12)27-16-18(11,17)14(21)23-7-24-16/h9-12,14,16,21H,1,5-7H2,2-4H3/t9?,10-,11-,12?,14-,16?,17?,18?,19?/m0/s1. The van der Waals surface area contributed by atoms with Gasteiger partial charge >= 0.3 is 11.9 Å². The molecule has 4 saturated heterocycles. The number of esters is 2. The fraction of sp³-hybridized carbons (Fsp3) is 0.789. The van der Waals surface area contributed by atoms with Gasteiger partial charge in [-0.2, -0.15) is 0 Å². The monoisotopic (exact) mass is 380 g/mol. The van der Waals surface area contributed by atoms with Crippen LogP contribution < -0.4 is 0 Å². The number of allylic oxidation sites excluding steroid dienone is 1. The van der Waals surface area contributed by atoms with Crippen molar-refractivity contribution in [2.45, 2.75) is 64.0 Å². The second kappa shape index (κ2) is 5.11. The average Bonchev–Trinajstić information content (AvgIpc) is 3.09. The van der Waals surface area contributed by atoms with E-state index in [1.54, 1.807) is 13.8 Å². The highest BCUT2D eigenvalue weighted by Gasteiger charge is 2.92. The Morgan fingerprint density at radius 2 is 1.96 bits per heavy atom. The maximum Gasteiger partial charge on any atom is 0.340 e. The highest BCUT2D eigenvalue weighted by molar-refractivity contribution is 5.92. The summed E-state index contributed by atoms with van der Waals surface area (Å²) >= 11 is 0. The zero-order valence-electron chi connectivity index (χ0n) is 15.6. The minimum Gasteiger partial charge on any atom is -0.462 e. The molecule has 0 aromatic carbocycles. The Labute approximate surface area is 156 Å². The van der Waals surface area contributed by atoms with E-state index in [1.807, 2.05) is 6.92 Å². The van der Waals surface area contributed by atoms with E-state index in [9.17, 15) is 14.7 Å². The first kappa shape index (κ1) is 17.6. The molecule has 1 saturated carbocycles. The largest absolute Gasteiger partial charge is 0.462 e. The van der Waals surface area contributed by atoms with Crippen molar-refractivity contribution in [1.29, 1.82) is 0 Å². The van der Waals surface area contributed by atoms with E-state index < -0.39 is 59.1 Å². The molecule has 0 amide bonds. The maximum atomic E-state index is 13.2. The van der Waals surface area contributed by atoms with Gasteiger partial charge in [0.15, 0.2) is 25.0 Å². The van der Waals surface area contributed by atoms with Gasteiger partial charge in [0.1, 0.15) is 6.10 Å². The molecular formula is C19H24O8. The first-order valence-electron chi connectivity index (χ1n) is 9.39. The summed E-state index contributed by atoms with van der Waals surface area (Å²) in [5.74, 6) is -2.26. The maximum absolute atomic E-state index is 13.2. The predicted molar refractivity (Wildman–Crippen MR) is 87.6 cm³/mol. The fourth-order valence-electron chi connectivity index (χ4n) is 6.78. The van der Waals surface area contributed by atoms with Gasteiger partial charge in [-0.25, -0.2) is 4.79 Å². The summed E-state index contributed by atoms with van der Waals surface area (Å²) in [6, 6.07) is 0. The summed E-state index contributed by atoms with van der Waals surface area (Å²) in [5, 5.41) is 11.2. The molecule has 5 fully saturated rings. The van der Waals surface area contributed by atoms with Crippen LogP contribution >= 0.6 is 0 Å². The van der Waals surface area contributed by atoms with E-state index in [2.05, 4.69) is 6.58 Å². The molecule has 4 aliphatic heterocycles. The van der Waals surface area contributed by atoms with Gasteiger partial charge in [-0.3, -0.25) is 4.79 Å². The van der Waals surface area contributed by atoms with Gasteiger partial charge in [0.05, 0.1) is 22.9 Å². The summed E-state index contributed by atoms with van der Waals surface area (Å²) < 4.78 is 29.0. The van der Waals surface area contributed by atoms with Crippen LogP contribution in [0.15, 0.2) is 12.2 Å². The average molecular weight is 380 g/mol. The van der Waals surface area contributed by atoms with Gasteiger partial charge in [-0.15, -0.1) is 0 Å². The van der Waals surface area contributed by atoms with Gasteiger partial charge in [-0.05, 0) is 39.5 Å². The van der Waals surface area contributed by atoms with Crippen LogP contribution in [-0.4, -0.2) is 54.2 Å². The molecule has 5 rings (SSSR count). The van der Waals surface area contributed by atoms with Crippen molar-refractivity contribution in [3.05, 3.63) is 12.2 Å².